The summed E-state index contributed by atoms with van der Waals surface area (Å²) in [5.74, 6) is 0. The summed E-state index contributed by atoms with van der Waals surface area (Å²) in [6.07, 6.45) is 0. The molecule has 0 radical (unpaired) electrons. The van der Waals surface area contributed by atoms with E-state index >= 15 is 0 Å². The predicted molar refractivity (Wildman–Crippen MR) is 245 cm³/mol. The second kappa shape index (κ2) is 14.5. The number of nitriles is 2. The quantitative estimate of drug-likeness (QED) is 0.158. The summed E-state index contributed by atoms with van der Waals surface area (Å²) in [4.78, 5) is 9.44. The van der Waals surface area contributed by atoms with Crippen molar-refractivity contribution in [2.24, 2.45) is 0 Å². The van der Waals surface area contributed by atoms with Crippen LogP contribution in [0.2, 0.25) is 0 Å². The van der Waals surface area contributed by atoms with Crippen LogP contribution in [0.4, 0.5) is 28.4 Å². The highest BCUT2D eigenvalue weighted by molar-refractivity contribution is 7.26. The fraction of sp³-hybridized carbons (Fsp3) is 0. The molecule has 0 aliphatic heterocycles. The van der Waals surface area contributed by atoms with E-state index in [1.165, 1.54) is 30.9 Å². The van der Waals surface area contributed by atoms with Crippen LogP contribution in [0.15, 0.2) is 164 Å². The van der Waals surface area contributed by atoms with Crippen molar-refractivity contribution in [3.05, 3.63) is 198 Å². The van der Waals surface area contributed by atoms with E-state index in [-0.39, 0.29) is 0 Å². The van der Waals surface area contributed by atoms with Gasteiger partial charge in [0, 0.05) is 57.6 Å². The average molecular weight is 786 g/mol. The Kier molecular flexibility index (Phi) is 8.68. The normalized spacial score (nSPS) is 11.0. The zero-order valence-electron chi connectivity index (χ0n) is 31.1. The number of nitrogens with zero attached hydrogens (tertiary/aromatic N) is 5. The molecule has 0 fully saturated rings. The summed E-state index contributed by atoms with van der Waals surface area (Å²) in [6, 6.07) is 60.1. The third-order valence-electron chi connectivity index (χ3n) is 10.7. The topological polar surface area (TPSA) is 59.5 Å². The molecule has 10 rings (SSSR count). The Morgan fingerprint density at radius 3 is 1.29 bits per heavy atom. The number of thiophene rings is 2. The van der Waals surface area contributed by atoms with Gasteiger partial charge in [-0.05, 0) is 124 Å². The predicted octanol–water partition coefficient (Wildman–Crippen LogP) is 15.7. The van der Waals surface area contributed by atoms with Crippen molar-refractivity contribution >= 4 is 91.5 Å². The molecule has 5 nitrogen and oxygen atoms in total. The molecule has 0 atom stereocenters. The van der Waals surface area contributed by atoms with E-state index in [0.717, 1.165) is 59.8 Å². The molecule has 0 amide bonds. The SMILES string of the molecule is [C-]#[N+]c1cc(C#N)cc(-c2ccc(N(c3ccc(-c4ccc5c(c4)sc4cc(C#N)ccc45)cc3)c3ccc(-c4ccc5c(c4)sc4cc([N+]#[C-])ccc45)cc3)cc2)c1. The van der Waals surface area contributed by atoms with Gasteiger partial charge in [-0.3, -0.25) is 0 Å². The molecule has 272 valence electrons. The van der Waals surface area contributed by atoms with Gasteiger partial charge in [0.05, 0.1) is 30.8 Å². The van der Waals surface area contributed by atoms with Crippen LogP contribution < -0.4 is 4.90 Å². The minimum atomic E-state index is 0.435. The smallest absolute Gasteiger partial charge is 0.189 e. The van der Waals surface area contributed by atoms with E-state index in [1.807, 2.05) is 54.6 Å². The molecule has 0 spiro atoms. The molecule has 7 heteroatoms. The number of hydrogen-bond acceptors (Lipinski definition) is 5. The number of fused-ring (bicyclic) bond motifs is 6. The Balaban J connectivity index is 1.01. The summed E-state index contributed by atoms with van der Waals surface area (Å²) in [6.45, 7) is 15.0. The lowest BCUT2D eigenvalue weighted by Gasteiger charge is -2.26. The molecule has 0 aliphatic carbocycles. The monoisotopic (exact) mass is 785 g/mol. The second-order valence-electron chi connectivity index (χ2n) is 14.2. The van der Waals surface area contributed by atoms with E-state index in [2.05, 4.69) is 130 Å². The third-order valence-corrected chi connectivity index (χ3v) is 13.0. The van der Waals surface area contributed by atoms with Crippen molar-refractivity contribution < 1.29 is 0 Å². The lowest BCUT2D eigenvalue weighted by molar-refractivity contribution is 1.28. The van der Waals surface area contributed by atoms with Gasteiger partial charge in [-0.15, -0.1) is 22.7 Å². The zero-order chi connectivity index (χ0) is 40.0. The molecule has 0 N–H and O–H groups in total. The largest absolute Gasteiger partial charge is 0.311 e. The first-order valence-corrected chi connectivity index (χ1v) is 20.4. The van der Waals surface area contributed by atoms with Crippen molar-refractivity contribution in [1.29, 1.82) is 10.5 Å². The molecular weight excluding hydrogens is 759 g/mol. The van der Waals surface area contributed by atoms with Gasteiger partial charge in [0.1, 0.15) is 0 Å². The fourth-order valence-electron chi connectivity index (χ4n) is 7.80. The molecule has 0 bridgehead atoms. The lowest BCUT2D eigenvalue weighted by Crippen LogP contribution is -2.09. The Hall–Kier alpha value is -8.04. The Labute approximate surface area is 348 Å². The van der Waals surface area contributed by atoms with Gasteiger partial charge >= 0.3 is 0 Å². The van der Waals surface area contributed by atoms with E-state index in [0.29, 0.717) is 22.5 Å². The summed E-state index contributed by atoms with van der Waals surface area (Å²) < 4.78 is 4.60. The van der Waals surface area contributed by atoms with Crippen molar-refractivity contribution in [3.63, 3.8) is 0 Å². The first-order valence-electron chi connectivity index (χ1n) is 18.7. The maximum Gasteiger partial charge on any atom is 0.189 e. The molecule has 2 heterocycles. The number of anilines is 3. The first-order chi connectivity index (χ1) is 29.0. The molecule has 10 aromatic rings. The van der Waals surface area contributed by atoms with Crippen LogP contribution in [-0.2, 0) is 0 Å². The van der Waals surface area contributed by atoms with Crippen LogP contribution in [0.25, 0.3) is 83.4 Å². The zero-order valence-corrected chi connectivity index (χ0v) is 32.8. The van der Waals surface area contributed by atoms with Gasteiger partial charge in [-0.1, -0.05) is 78.9 Å². The molecule has 0 saturated carbocycles. The summed E-state index contributed by atoms with van der Waals surface area (Å²) >= 11 is 3.43. The van der Waals surface area contributed by atoms with E-state index in [1.54, 1.807) is 28.7 Å². The lowest BCUT2D eigenvalue weighted by atomic mass is 10.0. The number of rotatable bonds is 6. The van der Waals surface area contributed by atoms with Crippen LogP contribution in [-0.4, -0.2) is 0 Å². The van der Waals surface area contributed by atoms with Crippen molar-refractivity contribution in [2.45, 2.75) is 0 Å². The molecule has 8 aromatic carbocycles. The van der Waals surface area contributed by atoms with E-state index in [4.69, 9.17) is 13.1 Å². The maximum atomic E-state index is 9.59. The van der Waals surface area contributed by atoms with Crippen molar-refractivity contribution in [2.75, 3.05) is 4.90 Å². The van der Waals surface area contributed by atoms with Crippen LogP contribution >= 0.6 is 22.7 Å². The minimum Gasteiger partial charge on any atom is -0.311 e. The van der Waals surface area contributed by atoms with Crippen molar-refractivity contribution in [1.82, 2.24) is 0 Å². The minimum absolute atomic E-state index is 0.435. The van der Waals surface area contributed by atoms with Crippen LogP contribution in [0, 0.1) is 35.8 Å². The standard InChI is InChI=1S/C52H27N5S2/c1-55-40-12-22-48-47-21-11-38(28-51(47)59-52(48)29-40)35-6-15-43(16-7-35)57(44-17-8-36(9-18-44)39-23-33(31-54)24-41(26-39)56-2)42-13-4-34(5-14-42)37-10-20-46-45-19-3-32(30-53)25-49(45)58-50(46)27-37/h3-29H. The van der Waals surface area contributed by atoms with Gasteiger partial charge in [-0.25, -0.2) is 9.69 Å². The summed E-state index contributed by atoms with van der Waals surface area (Å²) in [5, 5.41) is 23.7. The molecule has 2 aromatic heterocycles. The Bertz CT molecular complexity index is 3270. The average Bonchev–Trinajstić information content (AvgIpc) is 3.86. The maximum absolute atomic E-state index is 9.59. The Morgan fingerprint density at radius 2 is 0.797 bits per heavy atom. The van der Waals surface area contributed by atoms with Gasteiger partial charge in [0.15, 0.2) is 11.4 Å². The molecule has 0 aliphatic rings. The van der Waals surface area contributed by atoms with Crippen molar-refractivity contribution in [3.8, 4) is 45.5 Å². The number of hydrogen-bond donors (Lipinski definition) is 0. The van der Waals surface area contributed by atoms with Crippen LogP contribution in [0.1, 0.15) is 11.1 Å². The Morgan fingerprint density at radius 1 is 0.373 bits per heavy atom. The molecule has 0 saturated heterocycles. The summed E-state index contributed by atoms with van der Waals surface area (Å²) in [7, 11) is 0. The van der Waals surface area contributed by atoms with Gasteiger partial charge < -0.3 is 4.90 Å². The van der Waals surface area contributed by atoms with Crippen LogP contribution in [0.5, 0.6) is 0 Å². The van der Waals surface area contributed by atoms with Gasteiger partial charge in [0.2, 0.25) is 0 Å². The van der Waals surface area contributed by atoms with E-state index < -0.39 is 0 Å². The highest BCUT2D eigenvalue weighted by atomic mass is 32.1. The first kappa shape index (κ1) is 35.4. The van der Waals surface area contributed by atoms with Gasteiger partial charge in [0.25, 0.3) is 0 Å². The van der Waals surface area contributed by atoms with E-state index in [9.17, 15) is 10.5 Å². The molecular formula is C52H27N5S2. The molecule has 59 heavy (non-hydrogen) atoms. The third kappa shape index (κ3) is 6.40. The fourth-order valence-corrected chi connectivity index (χ4v) is 10.2. The molecule has 0 unspecified atom stereocenters. The number of benzene rings is 8. The second-order valence-corrected chi connectivity index (χ2v) is 16.4. The highest BCUT2D eigenvalue weighted by Gasteiger charge is 2.16. The van der Waals surface area contributed by atoms with Gasteiger partial charge in [-0.2, -0.15) is 10.5 Å². The highest BCUT2D eigenvalue weighted by Crippen LogP contribution is 2.42. The summed E-state index contributed by atoms with van der Waals surface area (Å²) in [5.41, 5.74) is 11.4. The van der Waals surface area contributed by atoms with Crippen LogP contribution in [0.3, 0.4) is 0 Å².